The fourth-order valence-electron chi connectivity index (χ4n) is 2.36. The maximum absolute atomic E-state index is 12.8. The number of alkyl halides is 3. The van der Waals surface area contributed by atoms with Crippen molar-refractivity contribution in [1.29, 1.82) is 0 Å². The Kier molecular flexibility index (Phi) is 6.61. The molecule has 0 heterocycles. The number of rotatable bonds is 5. The lowest BCUT2D eigenvalue weighted by Crippen LogP contribution is -2.39. The first-order valence-electron chi connectivity index (χ1n) is 8.18. The van der Waals surface area contributed by atoms with E-state index in [1.807, 2.05) is 0 Å². The average molecular weight is 386 g/mol. The summed E-state index contributed by atoms with van der Waals surface area (Å²) in [5.41, 5.74) is 0.318. The van der Waals surface area contributed by atoms with Crippen molar-refractivity contribution < 1.29 is 22.8 Å². The van der Waals surface area contributed by atoms with E-state index in [0.29, 0.717) is 11.3 Å². The molecule has 2 amide bonds. The summed E-state index contributed by atoms with van der Waals surface area (Å²) in [4.78, 5) is 25.6. The smallest absolute Gasteiger partial charge is 0.358 e. The first-order valence-corrected chi connectivity index (χ1v) is 8.18. The highest BCUT2D eigenvalue weighted by atomic mass is 19.4. The number of hydrogen-bond donors (Lipinski definition) is 1. The molecule has 2 rings (SSSR count). The van der Waals surface area contributed by atoms with E-state index in [4.69, 9.17) is 6.42 Å². The molecule has 4 nitrogen and oxygen atoms in total. The number of carbonyl (C=O) groups is 2. The molecule has 0 spiro atoms. The fourth-order valence-corrected chi connectivity index (χ4v) is 2.36. The summed E-state index contributed by atoms with van der Waals surface area (Å²) in [5.74, 6) is 1.46. The van der Waals surface area contributed by atoms with Crippen molar-refractivity contribution in [2.75, 3.05) is 18.5 Å². The number of carbonyl (C=O) groups excluding carboxylic acids is 2. The Labute approximate surface area is 160 Å². The molecule has 0 aromatic heterocycles. The highest BCUT2D eigenvalue weighted by molar-refractivity contribution is 6.06. The largest absolute Gasteiger partial charge is 0.416 e. The Hall–Kier alpha value is -3.53. The molecular formula is C21H17F3N2O2. The predicted molar refractivity (Wildman–Crippen MR) is 101 cm³/mol. The second-order valence-electron chi connectivity index (χ2n) is 5.75. The molecule has 2 aromatic rings. The van der Waals surface area contributed by atoms with Crippen LogP contribution in [-0.4, -0.2) is 25.4 Å². The van der Waals surface area contributed by atoms with E-state index in [2.05, 4.69) is 11.2 Å². The molecule has 7 heteroatoms. The Morgan fingerprint density at radius 3 is 2.54 bits per heavy atom. The van der Waals surface area contributed by atoms with Gasteiger partial charge in [-0.15, -0.1) is 6.42 Å². The van der Waals surface area contributed by atoms with Crippen LogP contribution in [0, 0.1) is 12.3 Å². The Morgan fingerprint density at radius 1 is 1.18 bits per heavy atom. The number of anilines is 1. The highest BCUT2D eigenvalue weighted by Gasteiger charge is 2.30. The molecule has 2 aromatic carbocycles. The molecule has 0 aliphatic heterocycles. The monoisotopic (exact) mass is 386 g/mol. The fraction of sp³-hybridized carbons (Fsp3) is 0.143. The summed E-state index contributed by atoms with van der Waals surface area (Å²) < 4.78 is 38.4. The molecule has 0 atom stereocenters. The van der Waals surface area contributed by atoms with Crippen LogP contribution in [0.5, 0.6) is 0 Å². The molecule has 1 N–H and O–H groups in total. The lowest BCUT2D eigenvalue weighted by atomic mass is 10.1. The van der Waals surface area contributed by atoms with Crippen LogP contribution in [0.1, 0.15) is 16.7 Å². The van der Waals surface area contributed by atoms with Gasteiger partial charge in [0.15, 0.2) is 0 Å². The first-order chi connectivity index (χ1) is 13.2. The molecule has 0 unspecified atom stereocenters. The molecule has 0 radical (unpaired) electrons. The van der Waals surface area contributed by atoms with E-state index >= 15 is 0 Å². The van der Waals surface area contributed by atoms with Gasteiger partial charge in [0.25, 0.3) is 5.91 Å². The van der Waals surface area contributed by atoms with Gasteiger partial charge >= 0.3 is 6.18 Å². The summed E-state index contributed by atoms with van der Waals surface area (Å²) >= 11 is 0. The van der Waals surface area contributed by atoms with Crippen molar-refractivity contribution in [3.63, 3.8) is 0 Å². The van der Waals surface area contributed by atoms with Gasteiger partial charge in [0.05, 0.1) is 5.56 Å². The number of amides is 2. The van der Waals surface area contributed by atoms with Crippen LogP contribution in [0.4, 0.5) is 18.9 Å². The number of benzene rings is 2. The van der Waals surface area contributed by atoms with Crippen molar-refractivity contribution in [3.05, 3.63) is 71.3 Å². The maximum Gasteiger partial charge on any atom is 0.416 e. The minimum atomic E-state index is -4.48. The average Bonchev–Trinajstić information content (AvgIpc) is 2.69. The Bertz CT molecular complexity index is 943. The van der Waals surface area contributed by atoms with Gasteiger partial charge in [0.2, 0.25) is 5.91 Å². The zero-order valence-electron chi connectivity index (χ0n) is 15.0. The van der Waals surface area contributed by atoms with Gasteiger partial charge in [-0.25, -0.2) is 0 Å². The number of likely N-dealkylation sites (N-methyl/N-ethyl adjacent to an activating group) is 1. The minimum Gasteiger partial charge on any atom is -0.358 e. The normalized spacial score (nSPS) is 11.1. The SMILES string of the molecule is C#Cc1cccc(N(CC(=O)NC)C(=O)/C=C/c2cccc(C(F)(F)F)c2)c1. The Morgan fingerprint density at radius 2 is 1.89 bits per heavy atom. The maximum atomic E-state index is 12.8. The van der Waals surface area contributed by atoms with Crippen LogP contribution >= 0.6 is 0 Å². The number of terminal acetylenes is 1. The number of hydrogen-bond acceptors (Lipinski definition) is 2. The van der Waals surface area contributed by atoms with E-state index in [1.165, 1.54) is 30.2 Å². The summed E-state index contributed by atoms with van der Waals surface area (Å²) in [5, 5.41) is 2.42. The standard InChI is InChI=1S/C21H17F3N2O2/c1-3-15-6-5-9-18(13-15)26(14-19(27)25-2)20(28)11-10-16-7-4-8-17(12-16)21(22,23)24/h1,4-13H,14H2,2H3,(H,25,27)/b11-10+. The third-order valence-corrected chi connectivity index (χ3v) is 3.80. The van der Waals surface area contributed by atoms with E-state index in [-0.39, 0.29) is 12.1 Å². The van der Waals surface area contributed by atoms with Crippen LogP contribution in [-0.2, 0) is 15.8 Å². The van der Waals surface area contributed by atoms with Crippen molar-refractivity contribution in [3.8, 4) is 12.3 Å². The van der Waals surface area contributed by atoms with Crippen LogP contribution < -0.4 is 10.2 Å². The Balaban J connectivity index is 2.31. The molecule has 0 saturated carbocycles. The lowest BCUT2D eigenvalue weighted by Gasteiger charge is -2.20. The van der Waals surface area contributed by atoms with Gasteiger partial charge in [-0.1, -0.05) is 24.1 Å². The molecule has 0 aliphatic rings. The predicted octanol–water partition coefficient (Wildman–Crippen LogP) is 3.48. The minimum absolute atomic E-state index is 0.209. The number of nitrogens with zero attached hydrogens (tertiary/aromatic N) is 1. The van der Waals surface area contributed by atoms with Gasteiger partial charge in [-0.3, -0.25) is 14.5 Å². The van der Waals surface area contributed by atoms with E-state index < -0.39 is 23.6 Å². The van der Waals surface area contributed by atoms with Gasteiger partial charge in [-0.2, -0.15) is 13.2 Å². The zero-order valence-corrected chi connectivity index (χ0v) is 15.0. The van der Waals surface area contributed by atoms with E-state index in [9.17, 15) is 22.8 Å². The van der Waals surface area contributed by atoms with Crippen molar-refractivity contribution >= 4 is 23.6 Å². The summed E-state index contributed by atoms with van der Waals surface area (Å²) in [6.07, 6.45) is 3.27. The van der Waals surface area contributed by atoms with Crippen molar-refractivity contribution in [2.24, 2.45) is 0 Å². The molecule has 0 aliphatic carbocycles. The van der Waals surface area contributed by atoms with Crippen LogP contribution in [0.2, 0.25) is 0 Å². The molecule has 28 heavy (non-hydrogen) atoms. The van der Waals surface area contributed by atoms with Gasteiger partial charge in [0, 0.05) is 24.4 Å². The molecule has 0 fully saturated rings. The molecule has 0 bridgehead atoms. The van der Waals surface area contributed by atoms with Gasteiger partial charge in [-0.05, 0) is 42.0 Å². The van der Waals surface area contributed by atoms with Crippen LogP contribution in [0.25, 0.3) is 6.08 Å². The summed E-state index contributed by atoms with van der Waals surface area (Å²) in [6, 6.07) is 11.1. The zero-order chi connectivity index (χ0) is 20.7. The third-order valence-electron chi connectivity index (χ3n) is 3.80. The van der Waals surface area contributed by atoms with E-state index in [0.717, 1.165) is 18.2 Å². The molecule has 144 valence electrons. The quantitative estimate of drug-likeness (QED) is 0.632. The number of halogens is 3. The topological polar surface area (TPSA) is 49.4 Å². The molecular weight excluding hydrogens is 369 g/mol. The summed E-state index contributed by atoms with van der Waals surface area (Å²) in [7, 11) is 1.43. The van der Waals surface area contributed by atoms with Gasteiger partial charge in [0.1, 0.15) is 6.54 Å². The summed E-state index contributed by atoms with van der Waals surface area (Å²) in [6.45, 7) is -0.268. The highest BCUT2D eigenvalue weighted by Crippen LogP contribution is 2.29. The van der Waals surface area contributed by atoms with Crippen LogP contribution in [0.3, 0.4) is 0 Å². The third kappa shape index (κ3) is 5.48. The van der Waals surface area contributed by atoms with Crippen molar-refractivity contribution in [2.45, 2.75) is 6.18 Å². The van der Waals surface area contributed by atoms with Gasteiger partial charge < -0.3 is 5.32 Å². The first kappa shape index (κ1) is 20.8. The van der Waals surface area contributed by atoms with E-state index in [1.54, 1.807) is 24.3 Å². The van der Waals surface area contributed by atoms with Crippen molar-refractivity contribution in [1.82, 2.24) is 5.32 Å². The van der Waals surface area contributed by atoms with Crippen LogP contribution in [0.15, 0.2) is 54.6 Å². The lowest BCUT2D eigenvalue weighted by molar-refractivity contribution is -0.137. The second kappa shape index (κ2) is 8.91. The number of nitrogens with one attached hydrogen (secondary N) is 1. The molecule has 0 saturated heterocycles. The second-order valence-corrected chi connectivity index (χ2v) is 5.75.